The van der Waals surface area contributed by atoms with E-state index in [0.29, 0.717) is 16.3 Å². The third-order valence-electron chi connectivity index (χ3n) is 4.72. The summed E-state index contributed by atoms with van der Waals surface area (Å²) in [7, 11) is 1.91. The highest BCUT2D eigenvalue weighted by Crippen LogP contribution is 2.44. The Morgan fingerprint density at radius 2 is 2.05 bits per heavy atom. The Kier molecular flexibility index (Phi) is 6.18. The zero-order valence-corrected chi connectivity index (χ0v) is 14.3. The fourth-order valence-electron chi connectivity index (χ4n) is 3.73. The minimum absolute atomic E-state index is 0.0275. The molecule has 0 spiro atoms. The monoisotopic (exact) mass is 359 g/mol. The van der Waals surface area contributed by atoms with Crippen LogP contribution in [0.25, 0.3) is 0 Å². The van der Waals surface area contributed by atoms with Crippen molar-refractivity contribution < 1.29 is 8.78 Å². The van der Waals surface area contributed by atoms with Crippen molar-refractivity contribution in [1.29, 1.82) is 0 Å². The minimum atomic E-state index is -0.418. The molecule has 0 aromatic heterocycles. The predicted octanol–water partition coefficient (Wildman–Crippen LogP) is 5.25. The Hall–Kier alpha value is -0.480. The Labute approximate surface area is 134 Å². The Morgan fingerprint density at radius 1 is 1.29 bits per heavy atom. The molecule has 0 radical (unpaired) electrons. The SMILES string of the molecule is CCCC1CCC(CNC)C(c2c(F)ccc(Br)c2F)C1. The molecule has 1 aliphatic carbocycles. The molecular weight excluding hydrogens is 336 g/mol. The Balaban J connectivity index is 2.33. The van der Waals surface area contributed by atoms with Gasteiger partial charge in [0.1, 0.15) is 11.6 Å². The predicted molar refractivity (Wildman–Crippen MR) is 86.5 cm³/mol. The highest BCUT2D eigenvalue weighted by molar-refractivity contribution is 9.10. The normalized spacial score (nSPS) is 26.0. The summed E-state index contributed by atoms with van der Waals surface area (Å²) in [6.45, 7) is 2.99. The first-order valence-electron chi connectivity index (χ1n) is 7.86. The third-order valence-corrected chi connectivity index (χ3v) is 5.33. The molecule has 3 atom stereocenters. The molecule has 0 bridgehead atoms. The number of hydrogen-bond acceptors (Lipinski definition) is 1. The molecule has 0 heterocycles. The van der Waals surface area contributed by atoms with E-state index in [1.54, 1.807) is 0 Å². The van der Waals surface area contributed by atoms with Gasteiger partial charge in [0, 0.05) is 5.56 Å². The first-order chi connectivity index (χ1) is 10.1. The van der Waals surface area contributed by atoms with E-state index in [0.717, 1.165) is 32.2 Å². The van der Waals surface area contributed by atoms with E-state index in [1.165, 1.54) is 18.6 Å². The second-order valence-electron chi connectivity index (χ2n) is 6.15. The summed E-state index contributed by atoms with van der Waals surface area (Å²) >= 11 is 3.19. The van der Waals surface area contributed by atoms with Gasteiger partial charge in [-0.15, -0.1) is 0 Å². The van der Waals surface area contributed by atoms with Gasteiger partial charge in [-0.1, -0.05) is 26.2 Å². The van der Waals surface area contributed by atoms with Crippen molar-refractivity contribution in [3.63, 3.8) is 0 Å². The lowest BCUT2D eigenvalue weighted by Crippen LogP contribution is -2.31. The van der Waals surface area contributed by atoms with E-state index in [1.807, 2.05) is 7.05 Å². The van der Waals surface area contributed by atoms with Crippen molar-refractivity contribution in [2.75, 3.05) is 13.6 Å². The van der Waals surface area contributed by atoms with Crippen LogP contribution in [0.2, 0.25) is 0 Å². The van der Waals surface area contributed by atoms with Gasteiger partial charge in [-0.05, 0) is 72.3 Å². The standard InChI is InChI=1S/C17H24BrF2N/c1-3-4-11-5-6-12(10-21-2)13(9-11)16-15(19)8-7-14(18)17(16)20/h7-8,11-13,21H,3-6,9-10H2,1-2H3. The smallest absolute Gasteiger partial charge is 0.143 e. The van der Waals surface area contributed by atoms with Crippen molar-refractivity contribution in [2.24, 2.45) is 11.8 Å². The fourth-order valence-corrected chi connectivity index (χ4v) is 4.08. The van der Waals surface area contributed by atoms with E-state index in [9.17, 15) is 8.78 Å². The van der Waals surface area contributed by atoms with E-state index in [-0.39, 0.29) is 11.5 Å². The molecule has 3 unspecified atom stereocenters. The van der Waals surface area contributed by atoms with Gasteiger partial charge < -0.3 is 5.32 Å². The topological polar surface area (TPSA) is 12.0 Å². The molecule has 1 N–H and O–H groups in total. The number of halogens is 3. The van der Waals surface area contributed by atoms with Gasteiger partial charge in [-0.2, -0.15) is 0 Å². The lowest BCUT2D eigenvalue weighted by atomic mass is 9.69. The molecule has 1 aromatic carbocycles. The molecule has 21 heavy (non-hydrogen) atoms. The minimum Gasteiger partial charge on any atom is -0.319 e. The molecular formula is C17H24BrF2N. The Bertz CT molecular complexity index is 478. The summed E-state index contributed by atoms with van der Waals surface area (Å²) in [5.74, 6) is 0.0461. The van der Waals surface area contributed by atoms with Gasteiger partial charge in [0.15, 0.2) is 0 Å². The quantitative estimate of drug-likeness (QED) is 0.708. The van der Waals surface area contributed by atoms with Crippen LogP contribution in [0.3, 0.4) is 0 Å². The number of rotatable bonds is 5. The van der Waals surface area contributed by atoms with Crippen molar-refractivity contribution in [1.82, 2.24) is 5.32 Å². The first kappa shape index (κ1) is 16.9. The first-order valence-corrected chi connectivity index (χ1v) is 8.65. The summed E-state index contributed by atoms with van der Waals surface area (Å²) in [4.78, 5) is 0. The molecule has 1 fully saturated rings. The second-order valence-corrected chi connectivity index (χ2v) is 7.00. The summed E-state index contributed by atoms with van der Waals surface area (Å²) in [5, 5.41) is 3.18. The van der Waals surface area contributed by atoms with E-state index in [4.69, 9.17) is 0 Å². The molecule has 1 aromatic rings. The molecule has 0 amide bonds. The zero-order valence-electron chi connectivity index (χ0n) is 12.8. The lowest BCUT2D eigenvalue weighted by molar-refractivity contribution is 0.216. The van der Waals surface area contributed by atoms with Gasteiger partial charge >= 0.3 is 0 Å². The van der Waals surface area contributed by atoms with Crippen LogP contribution in [0.5, 0.6) is 0 Å². The maximum Gasteiger partial charge on any atom is 0.143 e. The van der Waals surface area contributed by atoms with Crippen molar-refractivity contribution in [3.05, 3.63) is 33.8 Å². The average Bonchev–Trinajstić information content (AvgIpc) is 2.46. The molecule has 0 saturated heterocycles. The molecule has 4 heteroatoms. The number of nitrogens with one attached hydrogen (secondary N) is 1. The highest BCUT2D eigenvalue weighted by atomic mass is 79.9. The van der Waals surface area contributed by atoms with Gasteiger partial charge in [-0.3, -0.25) is 0 Å². The highest BCUT2D eigenvalue weighted by Gasteiger charge is 2.34. The average molecular weight is 360 g/mol. The summed E-state index contributed by atoms with van der Waals surface area (Å²) < 4.78 is 29.1. The van der Waals surface area contributed by atoms with Crippen LogP contribution in [0, 0.1) is 23.5 Å². The van der Waals surface area contributed by atoms with Crippen LogP contribution >= 0.6 is 15.9 Å². The van der Waals surface area contributed by atoms with Gasteiger partial charge in [0.25, 0.3) is 0 Å². The van der Waals surface area contributed by atoms with E-state index in [2.05, 4.69) is 28.2 Å². The van der Waals surface area contributed by atoms with Crippen molar-refractivity contribution in [2.45, 2.75) is 44.9 Å². The number of hydrogen-bond donors (Lipinski definition) is 1. The summed E-state index contributed by atoms with van der Waals surface area (Å²) in [6.07, 6.45) is 5.40. The van der Waals surface area contributed by atoms with Gasteiger partial charge in [0.2, 0.25) is 0 Å². The van der Waals surface area contributed by atoms with Crippen LogP contribution in [0.4, 0.5) is 8.78 Å². The maximum absolute atomic E-state index is 14.5. The molecule has 1 nitrogen and oxygen atoms in total. The summed E-state index contributed by atoms with van der Waals surface area (Å²) in [6, 6.07) is 2.83. The van der Waals surface area contributed by atoms with Crippen molar-refractivity contribution >= 4 is 15.9 Å². The van der Waals surface area contributed by atoms with Crippen molar-refractivity contribution in [3.8, 4) is 0 Å². The van der Waals surface area contributed by atoms with Gasteiger partial charge in [0.05, 0.1) is 4.47 Å². The van der Waals surface area contributed by atoms with Crippen LogP contribution < -0.4 is 5.32 Å². The largest absolute Gasteiger partial charge is 0.319 e. The van der Waals surface area contributed by atoms with Crippen LogP contribution in [-0.2, 0) is 0 Å². The molecule has 1 saturated carbocycles. The zero-order chi connectivity index (χ0) is 15.4. The second kappa shape index (κ2) is 7.68. The molecule has 118 valence electrons. The Morgan fingerprint density at radius 3 is 2.71 bits per heavy atom. The molecule has 0 aliphatic heterocycles. The molecule has 2 rings (SSSR count). The van der Waals surface area contributed by atoms with E-state index >= 15 is 0 Å². The number of benzene rings is 1. The van der Waals surface area contributed by atoms with E-state index < -0.39 is 11.6 Å². The van der Waals surface area contributed by atoms with Crippen LogP contribution in [0.15, 0.2) is 16.6 Å². The lowest BCUT2D eigenvalue weighted by Gasteiger charge is -2.37. The van der Waals surface area contributed by atoms with Crippen LogP contribution in [0.1, 0.15) is 50.5 Å². The van der Waals surface area contributed by atoms with Crippen LogP contribution in [-0.4, -0.2) is 13.6 Å². The maximum atomic E-state index is 14.5. The molecule has 1 aliphatic rings. The third kappa shape index (κ3) is 3.84. The summed E-state index contributed by atoms with van der Waals surface area (Å²) in [5.41, 5.74) is 0.283. The van der Waals surface area contributed by atoms with Gasteiger partial charge in [-0.25, -0.2) is 8.78 Å². The fraction of sp³-hybridized carbons (Fsp3) is 0.647.